The van der Waals surface area contributed by atoms with Crippen LogP contribution in [0.4, 0.5) is 0 Å². The molecule has 0 amide bonds. The van der Waals surface area contributed by atoms with Gasteiger partial charge in [0.1, 0.15) is 8.07 Å². The molecule has 2 aliphatic carbocycles. The van der Waals surface area contributed by atoms with Crippen molar-refractivity contribution >= 4 is 19.7 Å². The fraction of sp³-hybridized carbons (Fsp3) is 0.429. The highest BCUT2D eigenvalue weighted by Crippen LogP contribution is 2.52. The number of benzene rings is 2. The Morgan fingerprint density at radius 2 is 1.77 bits per heavy atom. The molecule has 0 radical (unpaired) electrons. The number of allylic oxidation sites excluding steroid dienone is 2. The van der Waals surface area contributed by atoms with E-state index in [1.807, 2.05) is 0 Å². The van der Waals surface area contributed by atoms with Gasteiger partial charge in [-0.1, -0.05) is 113 Å². The summed E-state index contributed by atoms with van der Waals surface area (Å²) in [7, 11) is -2.20. The van der Waals surface area contributed by atoms with Crippen molar-refractivity contribution in [3.05, 3.63) is 82.9 Å². The quantitative estimate of drug-likeness (QED) is 0.442. The minimum absolute atomic E-state index is 0.324. The molecule has 2 aromatic rings. The lowest BCUT2D eigenvalue weighted by Crippen LogP contribution is -2.53. The second kappa shape index (κ2) is 8.32. The summed E-state index contributed by atoms with van der Waals surface area (Å²) in [5.74, 6) is 0.698. The van der Waals surface area contributed by atoms with Gasteiger partial charge in [-0.25, -0.2) is 0 Å². The predicted octanol–water partition coefficient (Wildman–Crippen LogP) is 7.48. The molecule has 1 N–H and O–H groups in total. The smallest absolute Gasteiger partial charge is 0.107 e. The third kappa shape index (κ3) is 3.44. The molecule has 0 saturated carbocycles. The zero-order valence-corrected chi connectivity index (χ0v) is 20.0. The number of fused-ring (bicyclic) bond motifs is 2. The minimum atomic E-state index is -2.20. The summed E-state index contributed by atoms with van der Waals surface area (Å²) in [6.07, 6.45) is 13.0. The van der Waals surface area contributed by atoms with Gasteiger partial charge in [0.25, 0.3) is 0 Å². The molecule has 0 fully saturated rings. The monoisotopic (exact) mass is 416 g/mol. The van der Waals surface area contributed by atoms with Gasteiger partial charge in [-0.05, 0) is 46.2 Å². The van der Waals surface area contributed by atoms with Gasteiger partial charge in [0.2, 0.25) is 0 Å². The van der Waals surface area contributed by atoms with E-state index >= 15 is 0 Å². The predicted molar refractivity (Wildman–Crippen MR) is 132 cm³/mol. The van der Waals surface area contributed by atoms with Crippen molar-refractivity contribution in [3.8, 4) is 0 Å². The number of aliphatic hydroxyl groups is 1. The lowest BCUT2D eigenvalue weighted by atomic mass is 9.90. The van der Waals surface area contributed by atoms with Crippen LogP contribution in [-0.2, 0) is 5.22 Å². The highest BCUT2D eigenvalue weighted by Gasteiger charge is 2.54. The van der Waals surface area contributed by atoms with Crippen LogP contribution in [0.15, 0.2) is 60.7 Å². The van der Waals surface area contributed by atoms with Crippen LogP contribution in [0.2, 0.25) is 13.1 Å². The van der Waals surface area contributed by atoms with E-state index in [1.165, 1.54) is 47.9 Å². The summed E-state index contributed by atoms with van der Waals surface area (Å²) in [5, 5.41) is 11.5. The number of unbranched alkanes of at least 4 members (excludes halogenated alkanes) is 1. The average Bonchev–Trinajstić information content (AvgIpc) is 3.32. The van der Waals surface area contributed by atoms with Crippen molar-refractivity contribution in [1.82, 2.24) is 0 Å². The van der Waals surface area contributed by atoms with Gasteiger partial charge in [-0.15, -0.1) is 0 Å². The Bertz CT molecular complexity index is 970. The first-order valence-corrected chi connectivity index (χ1v) is 14.8. The van der Waals surface area contributed by atoms with Crippen LogP contribution >= 0.6 is 0 Å². The molecule has 4 rings (SSSR count). The van der Waals surface area contributed by atoms with Crippen LogP contribution in [0.1, 0.15) is 73.7 Å². The molecule has 3 unspecified atom stereocenters. The lowest BCUT2D eigenvalue weighted by Gasteiger charge is -2.42. The molecule has 0 spiro atoms. The third-order valence-corrected chi connectivity index (χ3v) is 12.1. The van der Waals surface area contributed by atoms with Crippen LogP contribution in [0.3, 0.4) is 0 Å². The fourth-order valence-electron chi connectivity index (χ4n) is 5.58. The maximum Gasteiger partial charge on any atom is 0.107 e. The van der Waals surface area contributed by atoms with Crippen molar-refractivity contribution in [2.45, 2.75) is 69.8 Å². The first-order valence-electron chi connectivity index (χ1n) is 11.7. The second-order valence-corrected chi connectivity index (χ2v) is 14.6. The summed E-state index contributed by atoms with van der Waals surface area (Å²) in [6.45, 7) is 9.33. The number of rotatable bonds is 8. The summed E-state index contributed by atoms with van der Waals surface area (Å²) >= 11 is 0. The molecule has 1 nitrogen and oxygen atoms in total. The van der Waals surface area contributed by atoms with E-state index in [0.717, 1.165) is 12.0 Å². The Morgan fingerprint density at radius 3 is 2.53 bits per heavy atom. The van der Waals surface area contributed by atoms with Crippen LogP contribution in [0.5, 0.6) is 0 Å². The molecular formula is C28H36OSi. The second-order valence-electron chi connectivity index (χ2n) is 9.79. The zero-order valence-electron chi connectivity index (χ0n) is 19.0. The molecule has 0 bridgehead atoms. The van der Waals surface area contributed by atoms with Gasteiger partial charge in [0.15, 0.2) is 0 Å². The standard InChI is InChI=1S/C28H36OSi/c1-5-7-12-21(6-2)19-23-20-28(29,26-16-11-10-14-24(23)26)30(3,4)27-18-17-22-13-8-9-15-25(22)27/h8-11,13-18,20-21,27,29H,5-7,12,19H2,1-4H3. The summed E-state index contributed by atoms with van der Waals surface area (Å²) in [4.78, 5) is 0. The normalized spacial score (nSPS) is 23.2. The summed E-state index contributed by atoms with van der Waals surface area (Å²) in [5.41, 5.74) is 6.81. The molecule has 0 saturated heterocycles. The molecule has 2 heteroatoms. The maximum atomic E-state index is 12.3. The Kier molecular flexibility index (Phi) is 5.92. The number of hydrogen-bond donors (Lipinski definition) is 1. The van der Waals surface area contributed by atoms with Crippen molar-refractivity contribution < 1.29 is 5.11 Å². The molecule has 30 heavy (non-hydrogen) atoms. The van der Waals surface area contributed by atoms with Crippen LogP contribution in [0.25, 0.3) is 11.6 Å². The first-order chi connectivity index (χ1) is 14.4. The number of hydrogen-bond acceptors (Lipinski definition) is 1. The van der Waals surface area contributed by atoms with Crippen molar-refractivity contribution in [1.29, 1.82) is 0 Å². The van der Waals surface area contributed by atoms with E-state index < -0.39 is 13.3 Å². The average molecular weight is 417 g/mol. The third-order valence-electron chi connectivity index (χ3n) is 7.68. The zero-order chi connectivity index (χ0) is 21.4. The molecule has 0 aliphatic heterocycles. The van der Waals surface area contributed by atoms with Gasteiger partial charge in [0, 0.05) is 5.54 Å². The van der Waals surface area contributed by atoms with Crippen molar-refractivity contribution in [2.75, 3.05) is 0 Å². The van der Waals surface area contributed by atoms with E-state index in [0.29, 0.717) is 11.5 Å². The lowest BCUT2D eigenvalue weighted by molar-refractivity contribution is 0.168. The molecule has 158 valence electrons. The largest absolute Gasteiger partial charge is 0.385 e. The maximum absolute atomic E-state index is 12.3. The molecular weight excluding hydrogens is 380 g/mol. The van der Waals surface area contributed by atoms with Crippen LogP contribution in [-0.4, -0.2) is 13.2 Å². The first kappa shape index (κ1) is 21.3. The molecule has 0 aromatic heterocycles. The summed E-state index contributed by atoms with van der Waals surface area (Å²) in [6, 6.07) is 17.3. The van der Waals surface area contributed by atoms with E-state index in [2.05, 4.69) is 93.7 Å². The Hall–Kier alpha value is -1.90. The van der Waals surface area contributed by atoms with E-state index in [4.69, 9.17) is 0 Å². The van der Waals surface area contributed by atoms with Gasteiger partial charge >= 0.3 is 0 Å². The SMILES string of the molecule is CCCCC(CC)CC1=CC(O)([Si](C)(C)C2C=Cc3ccccc32)c2ccccc21. The topological polar surface area (TPSA) is 20.2 Å². The van der Waals surface area contributed by atoms with E-state index in [9.17, 15) is 5.11 Å². The van der Waals surface area contributed by atoms with Gasteiger partial charge in [-0.2, -0.15) is 0 Å². The van der Waals surface area contributed by atoms with Gasteiger partial charge in [0.05, 0.1) is 5.22 Å². The molecule has 0 heterocycles. The fourth-order valence-corrected chi connectivity index (χ4v) is 9.13. The van der Waals surface area contributed by atoms with Crippen molar-refractivity contribution in [2.24, 2.45) is 5.92 Å². The van der Waals surface area contributed by atoms with Gasteiger partial charge < -0.3 is 5.11 Å². The van der Waals surface area contributed by atoms with Crippen LogP contribution in [0, 0.1) is 5.92 Å². The van der Waals surface area contributed by atoms with Gasteiger partial charge in [-0.3, -0.25) is 0 Å². The highest BCUT2D eigenvalue weighted by molar-refractivity contribution is 6.82. The van der Waals surface area contributed by atoms with E-state index in [1.54, 1.807) is 0 Å². The summed E-state index contributed by atoms with van der Waals surface area (Å²) < 4.78 is 0. The van der Waals surface area contributed by atoms with E-state index in [-0.39, 0.29) is 0 Å². The molecule has 2 aliphatic rings. The van der Waals surface area contributed by atoms with Crippen molar-refractivity contribution in [3.63, 3.8) is 0 Å². The Labute approximate surface area is 183 Å². The molecule has 2 aromatic carbocycles. The minimum Gasteiger partial charge on any atom is -0.385 e. The highest BCUT2D eigenvalue weighted by atomic mass is 28.3. The van der Waals surface area contributed by atoms with Crippen LogP contribution < -0.4 is 0 Å². The Morgan fingerprint density at radius 1 is 1.03 bits per heavy atom. The Balaban J connectivity index is 1.73. The molecule has 3 atom stereocenters.